The van der Waals surface area contributed by atoms with Crippen LogP contribution in [0.25, 0.3) is 0 Å². The fourth-order valence-electron chi connectivity index (χ4n) is 1.55. The van der Waals surface area contributed by atoms with Crippen LogP contribution in [0.15, 0.2) is 12.4 Å². The second-order valence-electron chi connectivity index (χ2n) is 5.45. The predicted octanol–water partition coefficient (Wildman–Crippen LogP) is 2.05. The van der Waals surface area contributed by atoms with Crippen LogP contribution < -0.4 is 10.1 Å². The van der Waals surface area contributed by atoms with Crippen molar-refractivity contribution in [3.8, 4) is 5.88 Å². The zero-order valence-electron chi connectivity index (χ0n) is 11.4. The predicted molar refractivity (Wildman–Crippen MR) is 69.2 cm³/mol. The third-order valence-electron chi connectivity index (χ3n) is 2.45. The Bertz CT molecular complexity index is 347. The van der Waals surface area contributed by atoms with Gasteiger partial charge in [-0.1, -0.05) is 6.92 Å². The Morgan fingerprint density at radius 3 is 2.53 bits per heavy atom. The lowest BCUT2D eigenvalue weighted by Crippen LogP contribution is -2.39. The SMILES string of the molecule is COc1nccnc1CC(C)CNC(C)(C)C. The van der Waals surface area contributed by atoms with Crippen LogP contribution in [0.5, 0.6) is 5.88 Å². The molecule has 0 aromatic carbocycles. The van der Waals surface area contributed by atoms with Gasteiger partial charge in [-0.2, -0.15) is 0 Å². The molecule has 1 aromatic heterocycles. The summed E-state index contributed by atoms with van der Waals surface area (Å²) in [5.41, 5.74) is 1.08. The third-order valence-corrected chi connectivity index (χ3v) is 2.45. The van der Waals surface area contributed by atoms with Gasteiger partial charge in [0.2, 0.25) is 5.88 Å². The molecular weight excluding hydrogens is 214 g/mol. The average molecular weight is 237 g/mol. The van der Waals surface area contributed by atoms with Crippen LogP contribution in [0.4, 0.5) is 0 Å². The van der Waals surface area contributed by atoms with Crippen molar-refractivity contribution < 1.29 is 4.74 Å². The van der Waals surface area contributed by atoms with Crippen LogP contribution in [-0.2, 0) is 6.42 Å². The quantitative estimate of drug-likeness (QED) is 0.851. The minimum Gasteiger partial charge on any atom is -0.480 e. The number of ether oxygens (including phenoxy) is 1. The van der Waals surface area contributed by atoms with E-state index in [9.17, 15) is 0 Å². The van der Waals surface area contributed by atoms with Crippen LogP contribution in [0.2, 0.25) is 0 Å². The van der Waals surface area contributed by atoms with Gasteiger partial charge in [-0.05, 0) is 39.7 Å². The Kier molecular flexibility index (Phi) is 4.87. The van der Waals surface area contributed by atoms with Crippen LogP contribution >= 0.6 is 0 Å². The van der Waals surface area contributed by atoms with Crippen molar-refractivity contribution in [3.63, 3.8) is 0 Å². The van der Waals surface area contributed by atoms with Gasteiger partial charge in [0.25, 0.3) is 0 Å². The number of methoxy groups -OCH3 is 1. The lowest BCUT2D eigenvalue weighted by Gasteiger charge is -2.23. The molecule has 96 valence electrons. The van der Waals surface area contributed by atoms with Crippen LogP contribution in [0, 0.1) is 5.92 Å². The molecule has 0 radical (unpaired) electrons. The summed E-state index contributed by atoms with van der Waals surface area (Å²) in [6.07, 6.45) is 4.24. The molecule has 0 spiro atoms. The Balaban J connectivity index is 2.53. The summed E-state index contributed by atoms with van der Waals surface area (Å²) in [6.45, 7) is 9.67. The van der Waals surface area contributed by atoms with Crippen molar-refractivity contribution in [2.24, 2.45) is 5.92 Å². The molecule has 0 aliphatic carbocycles. The molecule has 1 aromatic rings. The highest BCUT2D eigenvalue weighted by atomic mass is 16.5. The first-order chi connectivity index (χ1) is 7.92. The number of rotatable bonds is 5. The molecule has 0 bridgehead atoms. The summed E-state index contributed by atoms with van der Waals surface area (Å²) in [7, 11) is 1.63. The third kappa shape index (κ3) is 5.13. The zero-order chi connectivity index (χ0) is 12.9. The first-order valence-electron chi connectivity index (χ1n) is 6.01. The van der Waals surface area contributed by atoms with Gasteiger partial charge in [0.05, 0.1) is 7.11 Å². The van der Waals surface area contributed by atoms with Crippen LogP contribution in [0.3, 0.4) is 0 Å². The smallest absolute Gasteiger partial charge is 0.235 e. The Morgan fingerprint density at radius 1 is 1.29 bits per heavy atom. The molecule has 4 heteroatoms. The standard InChI is InChI=1S/C13H23N3O/c1-10(9-16-13(2,3)4)8-11-12(17-5)15-7-6-14-11/h6-7,10,16H,8-9H2,1-5H3. The number of hydrogen-bond donors (Lipinski definition) is 1. The highest BCUT2D eigenvalue weighted by Crippen LogP contribution is 2.15. The summed E-state index contributed by atoms with van der Waals surface area (Å²) >= 11 is 0. The van der Waals surface area contributed by atoms with Gasteiger partial charge in [0, 0.05) is 17.9 Å². The second-order valence-corrected chi connectivity index (χ2v) is 5.45. The van der Waals surface area contributed by atoms with E-state index in [-0.39, 0.29) is 5.54 Å². The van der Waals surface area contributed by atoms with E-state index >= 15 is 0 Å². The van der Waals surface area contributed by atoms with E-state index in [0.29, 0.717) is 11.8 Å². The van der Waals surface area contributed by atoms with E-state index in [1.54, 1.807) is 19.5 Å². The van der Waals surface area contributed by atoms with Crippen molar-refractivity contribution in [1.29, 1.82) is 0 Å². The Labute approximate surface area is 104 Å². The van der Waals surface area contributed by atoms with Gasteiger partial charge < -0.3 is 10.1 Å². The normalized spacial score (nSPS) is 13.5. The molecule has 0 fully saturated rings. The minimum absolute atomic E-state index is 0.153. The van der Waals surface area contributed by atoms with Crippen molar-refractivity contribution in [2.45, 2.75) is 39.7 Å². The summed E-state index contributed by atoms with van der Waals surface area (Å²) in [6, 6.07) is 0. The molecule has 0 amide bonds. The number of hydrogen-bond acceptors (Lipinski definition) is 4. The van der Waals surface area contributed by atoms with E-state index in [1.165, 1.54) is 0 Å². The summed E-state index contributed by atoms with van der Waals surface area (Å²) in [4.78, 5) is 8.47. The number of nitrogens with one attached hydrogen (secondary N) is 1. The molecule has 0 saturated carbocycles. The summed E-state index contributed by atoms with van der Waals surface area (Å²) in [5, 5.41) is 3.49. The van der Waals surface area contributed by atoms with Crippen molar-refractivity contribution in [2.75, 3.05) is 13.7 Å². The highest BCUT2D eigenvalue weighted by Gasteiger charge is 2.14. The average Bonchev–Trinajstić information content (AvgIpc) is 2.26. The highest BCUT2D eigenvalue weighted by molar-refractivity contribution is 5.17. The van der Waals surface area contributed by atoms with E-state index < -0.39 is 0 Å². The van der Waals surface area contributed by atoms with E-state index in [4.69, 9.17) is 4.74 Å². The zero-order valence-corrected chi connectivity index (χ0v) is 11.4. The van der Waals surface area contributed by atoms with Gasteiger partial charge in [-0.3, -0.25) is 4.98 Å². The molecule has 1 N–H and O–H groups in total. The molecule has 0 aliphatic heterocycles. The molecule has 17 heavy (non-hydrogen) atoms. The number of aromatic nitrogens is 2. The molecular formula is C13H23N3O. The van der Waals surface area contributed by atoms with E-state index in [0.717, 1.165) is 18.7 Å². The summed E-state index contributed by atoms with van der Waals surface area (Å²) < 4.78 is 5.20. The maximum absolute atomic E-state index is 5.20. The van der Waals surface area contributed by atoms with Crippen molar-refractivity contribution in [1.82, 2.24) is 15.3 Å². The second kappa shape index (κ2) is 5.96. The fourth-order valence-corrected chi connectivity index (χ4v) is 1.55. The van der Waals surface area contributed by atoms with Crippen molar-refractivity contribution >= 4 is 0 Å². The number of nitrogens with zero attached hydrogens (tertiary/aromatic N) is 2. The van der Waals surface area contributed by atoms with Crippen LogP contribution in [0.1, 0.15) is 33.4 Å². The van der Waals surface area contributed by atoms with E-state index in [1.807, 2.05) is 0 Å². The van der Waals surface area contributed by atoms with Gasteiger partial charge in [-0.25, -0.2) is 4.98 Å². The minimum atomic E-state index is 0.153. The molecule has 0 aliphatic rings. The van der Waals surface area contributed by atoms with E-state index in [2.05, 4.69) is 43.0 Å². The van der Waals surface area contributed by atoms with Gasteiger partial charge in [-0.15, -0.1) is 0 Å². The van der Waals surface area contributed by atoms with Gasteiger partial charge >= 0.3 is 0 Å². The van der Waals surface area contributed by atoms with Crippen molar-refractivity contribution in [3.05, 3.63) is 18.1 Å². The monoisotopic (exact) mass is 237 g/mol. The van der Waals surface area contributed by atoms with Gasteiger partial charge in [0.1, 0.15) is 5.69 Å². The molecule has 4 nitrogen and oxygen atoms in total. The fraction of sp³-hybridized carbons (Fsp3) is 0.692. The molecule has 1 rings (SSSR count). The van der Waals surface area contributed by atoms with Crippen LogP contribution in [-0.4, -0.2) is 29.2 Å². The first kappa shape index (κ1) is 13.9. The maximum atomic E-state index is 5.20. The largest absolute Gasteiger partial charge is 0.480 e. The lowest BCUT2D eigenvalue weighted by molar-refractivity contribution is 0.365. The molecule has 1 heterocycles. The lowest BCUT2D eigenvalue weighted by atomic mass is 10.0. The molecule has 1 atom stereocenters. The first-order valence-corrected chi connectivity index (χ1v) is 6.01. The Hall–Kier alpha value is -1.16. The molecule has 1 unspecified atom stereocenters. The molecule has 0 saturated heterocycles. The maximum Gasteiger partial charge on any atom is 0.235 e. The summed E-state index contributed by atoms with van der Waals surface area (Å²) in [5.74, 6) is 1.13. The van der Waals surface area contributed by atoms with Gasteiger partial charge in [0.15, 0.2) is 0 Å². The topological polar surface area (TPSA) is 47.0 Å². The Morgan fingerprint density at radius 2 is 1.94 bits per heavy atom.